The first kappa shape index (κ1) is 16.2. The summed E-state index contributed by atoms with van der Waals surface area (Å²) >= 11 is 6.32. The van der Waals surface area contributed by atoms with Crippen molar-refractivity contribution in [1.82, 2.24) is 0 Å². The van der Waals surface area contributed by atoms with Crippen LogP contribution in [0.15, 0.2) is 51.7 Å². The molecule has 0 radical (unpaired) electrons. The maximum absolute atomic E-state index is 12.1. The van der Waals surface area contributed by atoms with Gasteiger partial charge in [0.2, 0.25) is 0 Å². The van der Waals surface area contributed by atoms with E-state index >= 15 is 0 Å². The molecule has 25 heavy (non-hydrogen) atoms. The molecular weight excluding hydrogens is 334 g/mol. The van der Waals surface area contributed by atoms with Gasteiger partial charge < -0.3 is 9.32 Å². The quantitative estimate of drug-likeness (QED) is 0.601. The zero-order valence-corrected chi connectivity index (χ0v) is 15.1. The molecule has 0 aliphatic carbocycles. The summed E-state index contributed by atoms with van der Waals surface area (Å²) in [5.41, 5.74) is 4.76. The lowest BCUT2D eigenvalue weighted by Crippen LogP contribution is -2.36. The maximum atomic E-state index is 12.1. The van der Waals surface area contributed by atoms with E-state index in [4.69, 9.17) is 16.0 Å². The number of para-hydroxylation sites is 1. The van der Waals surface area contributed by atoms with E-state index in [1.165, 1.54) is 11.3 Å². The van der Waals surface area contributed by atoms with Crippen LogP contribution in [0.2, 0.25) is 5.02 Å². The van der Waals surface area contributed by atoms with Gasteiger partial charge in [-0.3, -0.25) is 0 Å². The van der Waals surface area contributed by atoms with Gasteiger partial charge in [-0.05, 0) is 61.6 Å². The van der Waals surface area contributed by atoms with E-state index in [-0.39, 0.29) is 5.63 Å². The second kappa shape index (κ2) is 6.23. The molecule has 1 atom stereocenters. The summed E-state index contributed by atoms with van der Waals surface area (Å²) in [5.74, 6) is 0. The van der Waals surface area contributed by atoms with Gasteiger partial charge in [0.05, 0.1) is 0 Å². The van der Waals surface area contributed by atoms with Crippen LogP contribution in [0.3, 0.4) is 0 Å². The van der Waals surface area contributed by atoms with Crippen LogP contribution in [0.4, 0.5) is 5.69 Å². The topological polar surface area (TPSA) is 33.5 Å². The average molecular weight is 354 g/mol. The van der Waals surface area contributed by atoms with Crippen molar-refractivity contribution in [1.29, 1.82) is 0 Å². The van der Waals surface area contributed by atoms with Crippen molar-refractivity contribution >= 4 is 28.3 Å². The van der Waals surface area contributed by atoms with Crippen LogP contribution in [0, 0.1) is 6.92 Å². The Labute approximate surface area is 151 Å². The van der Waals surface area contributed by atoms with E-state index in [1.54, 1.807) is 6.07 Å². The summed E-state index contributed by atoms with van der Waals surface area (Å²) in [6, 6.07) is 14.3. The maximum Gasteiger partial charge on any atom is 0.336 e. The molecule has 0 saturated carbocycles. The van der Waals surface area contributed by atoms with Crippen LogP contribution in [0.5, 0.6) is 0 Å². The van der Waals surface area contributed by atoms with Gasteiger partial charge >= 0.3 is 5.63 Å². The van der Waals surface area contributed by atoms with E-state index in [0.29, 0.717) is 23.2 Å². The minimum Gasteiger partial charge on any atom is -0.423 e. The molecular formula is C21H20ClNO2. The highest BCUT2D eigenvalue weighted by atomic mass is 35.5. The lowest BCUT2D eigenvalue weighted by Gasteiger charge is -2.37. The van der Waals surface area contributed by atoms with Crippen molar-refractivity contribution < 1.29 is 4.42 Å². The Morgan fingerprint density at radius 3 is 2.88 bits per heavy atom. The number of nitrogens with zero attached hydrogens (tertiary/aromatic N) is 1. The summed E-state index contributed by atoms with van der Waals surface area (Å²) in [6.07, 6.45) is 2.20. The Bertz CT molecular complexity index is 1010. The molecule has 0 saturated heterocycles. The SMILES string of the molecule is Cc1cc2oc(=O)cc(CN3c4ccccc4CC[C@@H]3C)c2cc1Cl. The summed E-state index contributed by atoms with van der Waals surface area (Å²) in [5, 5.41) is 1.60. The lowest BCUT2D eigenvalue weighted by atomic mass is 9.95. The number of hydrogen-bond acceptors (Lipinski definition) is 3. The van der Waals surface area contributed by atoms with E-state index in [2.05, 4.69) is 36.1 Å². The van der Waals surface area contributed by atoms with Crippen molar-refractivity contribution in [2.45, 2.75) is 39.3 Å². The molecule has 2 heterocycles. The predicted molar refractivity (Wildman–Crippen MR) is 103 cm³/mol. The van der Waals surface area contributed by atoms with Gasteiger partial charge in [0.1, 0.15) is 5.58 Å². The molecule has 2 aromatic carbocycles. The molecule has 0 bridgehead atoms. The van der Waals surface area contributed by atoms with Crippen molar-refractivity contribution in [2.24, 2.45) is 0 Å². The van der Waals surface area contributed by atoms with Crippen LogP contribution in [-0.4, -0.2) is 6.04 Å². The number of fused-ring (bicyclic) bond motifs is 2. The number of rotatable bonds is 2. The third-order valence-electron chi connectivity index (χ3n) is 5.11. The molecule has 0 unspecified atom stereocenters. The fourth-order valence-electron chi connectivity index (χ4n) is 3.66. The smallest absolute Gasteiger partial charge is 0.336 e. The van der Waals surface area contributed by atoms with Gasteiger partial charge in [0, 0.05) is 34.7 Å². The number of hydrogen-bond donors (Lipinski definition) is 0. The van der Waals surface area contributed by atoms with Crippen molar-refractivity contribution in [3.63, 3.8) is 0 Å². The lowest BCUT2D eigenvalue weighted by molar-refractivity contribution is 0.546. The zero-order valence-electron chi connectivity index (χ0n) is 14.4. The van der Waals surface area contributed by atoms with Crippen LogP contribution in [0.25, 0.3) is 11.0 Å². The van der Waals surface area contributed by atoms with Crippen molar-refractivity contribution in [3.8, 4) is 0 Å². The molecule has 0 N–H and O–H groups in total. The molecule has 4 heteroatoms. The molecule has 128 valence electrons. The standard InChI is InChI=1S/C21H20ClNO2/c1-13-9-20-17(11-18(13)22)16(10-21(24)25-20)12-23-14(2)7-8-15-5-3-4-6-19(15)23/h3-6,9-11,14H,7-8,12H2,1-2H3/t14-/m0/s1. The van der Waals surface area contributed by atoms with Crippen LogP contribution < -0.4 is 10.5 Å². The van der Waals surface area contributed by atoms with E-state index in [0.717, 1.165) is 29.4 Å². The fraction of sp³-hybridized carbons (Fsp3) is 0.286. The Kier molecular flexibility index (Phi) is 4.04. The Hall–Kier alpha value is -2.26. The predicted octanol–water partition coefficient (Wildman–Crippen LogP) is 5.10. The van der Waals surface area contributed by atoms with Crippen LogP contribution in [0.1, 0.15) is 30.0 Å². The molecule has 0 spiro atoms. The summed E-state index contributed by atoms with van der Waals surface area (Å²) in [6.45, 7) is 4.82. The van der Waals surface area contributed by atoms with Crippen molar-refractivity contribution in [2.75, 3.05) is 4.90 Å². The molecule has 4 rings (SSSR count). The molecule has 0 fully saturated rings. The highest BCUT2D eigenvalue weighted by Crippen LogP contribution is 2.33. The Morgan fingerprint density at radius 2 is 2.04 bits per heavy atom. The average Bonchev–Trinajstić information content (AvgIpc) is 2.59. The summed E-state index contributed by atoms with van der Waals surface area (Å²) in [4.78, 5) is 14.4. The monoisotopic (exact) mass is 353 g/mol. The summed E-state index contributed by atoms with van der Waals surface area (Å²) in [7, 11) is 0. The molecule has 1 aromatic heterocycles. The van der Waals surface area contributed by atoms with Gasteiger partial charge in [0.15, 0.2) is 0 Å². The minimum atomic E-state index is -0.317. The van der Waals surface area contributed by atoms with Gasteiger partial charge in [-0.15, -0.1) is 0 Å². The third kappa shape index (κ3) is 2.93. The first-order valence-corrected chi connectivity index (χ1v) is 8.98. The minimum absolute atomic E-state index is 0.317. The second-order valence-electron chi connectivity index (χ2n) is 6.83. The Morgan fingerprint density at radius 1 is 1.24 bits per heavy atom. The Balaban J connectivity index is 1.83. The second-order valence-corrected chi connectivity index (χ2v) is 7.24. The van der Waals surface area contributed by atoms with Crippen LogP contribution in [-0.2, 0) is 13.0 Å². The van der Waals surface area contributed by atoms with Gasteiger partial charge in [0.25, 0.3) is 0 Å². The number of anilines is 1. The normalized spacial score (nSPS) is 16.9. The first-order chi connectivity index (χ1) is 12.0. The highest BCUT2D eigenvalue weighted by molar-refractivity contribution is 6.32. The largest absolute Gasteiger partial charge is 0.423 e. The van der Waals surface area contributed by atoms with Crippen LogP contribution >= 0.6 is 11.6 Å². The third-order valence-corrected chi connectivity index (χ3v) is 5.52. The molecule has 0 amide bonds. The molecule has 3 nitrogen and oxygen atoms in total. The van der Waals surface area contributed by atoms with E-state index < -0.39 is 0 Å². The molecule has 3 aromatic rings. The van der Waals surface area contributed by atoms with Gasteiger partial charge in [-0.25, -0.2) is 4.79 Å². The molecule has 1 aliphatic heterocycles. The zero-order chi connectivity index (χ0) is 17.6. The van der Waals surface area contributed by atoms with E-state index in [9.17, 15) is 4.79 Å². The number of benzene rings is 2. The van der Waals surface area contributed by atoms with Crippen molar-refractivity contribution in [3.05, 3.63) is 74.6 Å². The van der Waals surface area contributed by atoms with E-state index in [1.807, 2.05) is 19.1 Å². The first-order valence-electron chi connectivity index (χ1n) is 8.60. The number of aryl methyl sites for hydroxylation is 2. The number of halogens is 1. The van der Waals surface area contributed by atoms with Gasteiger partial charge in [-0.2, -0.15) is 0 Å². The molecule has 1 aliphatic rings. The highest BCUT2D eigenvalue weighted by Gasteiger charge is 2.23. The van der Waals surface area contributed by atoms with Gasteiger partial charge in [-0.1, -0.05) is 29.8 Å². The summed E-state index contributed by atoms with van der Waals surface area (Å²) < 4.78 is 5.39. The fourth-order valence-corrected chi connectivity index (χ4v) is 3.83.